The zero-order chi connectivity index (χ0) is 20.3. The molecule has 152 valence electrons. The van der Waals surface area contributed by atoms with Crippen LogP contribution in [0.25, 0.3) is 5.95 Å². The van der Waals surface area contributed by atoms with Gasteiger partial charge in [0.25, 0.3) is 11.5 Å². The average molecular weight is 397 g/mol. The van der Waals surface area contributed by atoms with E-state index in [9.17, 15) is 22.8 Å². The molecule has 2 aromatic rings. The number of piperidine rings is 1. The summed E-state index contributed by atoms with van der Waals surface area (Å²) >= 11 is 0. The maximum Gasteiger partial charge on any atom is 0.379 e. The van der Waals surface area contributed by atoms with Crippen molar-refractivity contribution in [1.29, 1.82) is 0 Å². The molecule has 0 aromatic carbocycles. The normalized spacial score (nSPS) is 16.0. The largest absolute Gasteiger partial charge is 0.379 e. The van der Waals surface area contributed by atoms with E-state index in [1.54, 1.807) is 10.9 Å². The number of aromatic nitrogens is 4. The maximum atomic E-state index is 12.7. The highest BCUT2D eigenvalue weighted by Crippen LogP contribution is 2.19. The molecule has 0 atom stereocenters. The molecule has 1 N–H and O–H groups in total. The zero-order valence-corrected chi connectivity index (χ0v) is 15.6. The number of carbonyl (C=O) groups excluding carboxylic acids is 1. The number of hydrogen-bond donors (Lipinski definition) is 1. The van der Waals surface area contributed by atoms with Crippen molar-refractivity contribution in [2.24, 2.45) is 0 Å². The Kier molecular flexibility index (Phi) is 6.15. The summed E-state index contributed by atoms with van der Waals surface area (Å²) in [6.45, 7) is -0.216. The molecule has 2 aromatic heterocycles. The van der Waals surface area contributed by atoms with E-state index in [0.717, 1.165) is 56.5 Å². The van der Waals surface area contributed by atoms with Crippen LogP contribution in [0.3, 0.4) is 0 Å². The number of likely N-dealkylation sites (tertiary alicyclic amines) is 1. The van der Waals surface area contributed by atoms with Gasteiger partial charge in [-0.1, -0.05) is 0 Å². The van der Waals surface area contributed by atoms with E-state index in [-0.39, 0.29) is 11.5 Å². The topological polar surface area (TPSA) is 83.9 Å². The Labute approximate surface area is 159 Å². The van der Waals surface area contributed by atoms with Crippen LogP contribution in [0.5, 0.6) is 0 Å². The fourth-order valence-electron chi connectivity index (χ4n) is 3.63. The Morgan fingerprint density at radius 2 is 1.82 bits per heavy atom. The summed E-state index contributed by atoms with van der Waals surface area (Å²) in [5.41, 5.74) is 2.85. The van der Waals surface area contributed by atoms with Gasteiger partial charge in [-0.25, -0.2) is 9.67 Å². The fourth-order valence-corrected chi connectivity index (χ4v) is 3.63. The summed E-state index contributed by atoms with van der Waals surface area (Å²) in [5, 5.41) is 4.31. The number of H-pyrrole nitrogens is 1. The lowest BCUT2D eigenvalue weighted by atomic mass is 10.1. The van der Waals surface area contributed by atoms with Gasteiger partial charge in [0.2, 0.25) is 5.95 Å². The Balaban J connectivity index is 0.000000516. The Hall–Kier alpha value is -2.65. The first-order valence-corrected chi connectivity index (χ1v) is 9.27. The molecule has 28 heavy (non-hydrogen) atoms. The molecule has 1 fully saturated rings. The van der Waals surface area contributed by atoms with Crippen molar-refractivity contribution in [2.45, 2.75) is 52.1 Å². The van der Waals surface area contributed by atoms with Gasteiger partial charge < -0.3 is 4.90 Å². The molecular formula is C18H22F3N5O2. The monoisotopic (exact) mass is 397 g/mol. The first-order chi connectivity index (χ1) is 13.4. The Morgan fingerprint density at radius 1 is 1.14 bits per heavy atom. The summed E-state index contributed by atoms with van der Waals surface area (Å²) in [6.07, 6.45) is 7.45. The quantitative estimate of drug-likeness (QED) is 0.844. The van der Waals surface area contributed by atoms with E-state index in [0.29, 0.717) is 17.2 Å². The number of rotatable bonds is 2. The lowest BCUT2D eigenvalue weighted by Gasteiger charge is -2.26. The van der Waals surface area contributed by atoms with Crippen LogP contribution < -0.4 is 5.56 Å². The first kappa shape index (κ1) is 20.1. The van der Waals surface area contributed by atoms with Crippen LogP contribution in [0.1, 0.15) is 53.0 Å². The minimum Gasteiger partial charge on any atom is -0.339 e. The van der Waals surface area contributed by atoms with Gasteiger partial charge in [0.05, 0.1) is 23.1 Å². The van der Waals surface area contributed by atoms with Gasteiger partial charge in [0.1, 0.15) is 0 Å². The van der Waals surface area contributed by atoms with Crippen molar-refractivity contribution < 1.29 is 18.0 Å². The van der Waals surface area contributed by atoms with Crippen LogP contribution in [-0.4, -0.2) is 50.3 Å². The minimum atomic E-state index is -3.67. The second kappa shape index (κ2) is 8.57. The number of carbonyl (C=O) groups is 1. The molecule has 4 rings (SSSR count). The molecule has 0 radical (unpaired) electrons. The summed E-state index contributed by atoms with van der Waals surface area (Å²) in [4.78, 5) is 34.1. The third-order valence-corrected chi connectivity index (χ3v) is 5.01. The standard InChI is InChI=1S/C17H21N5O2.CHF3/c1-11-13(16(24)21-8-3-2-4-9-21)10-18-22(11)17-19-14-7-5-6-12(14)15(23)20-17;2-1(3)4/h10H,2-9H2,1H3,(H,19,20,23);1H. The van der Waals surface area contributed by atoms with E-state index in [4.69, 9.17) is 0 Å². The van der Waals surface area contributed by atoms with Gasteiger partial charge in [-0.05, 0) is 45.4 Å². The number of alkyl halides is 3. The van der Waals surface area contributed by atoms with Crippen molar-refractivity contribution in [3.05, 3.63) is 39.1 Å². The van der Waals surface area contributed by atoms with Crippen molar-refractivity contribution in [3.8, 4) is 5.95 Å². The van der Waals surface area contributed by atoms with Crippen LogP contribution in [0.4, 0.5) is 13.2 Å². The number of aryl methyl sites for hydroxylation is 1. The van der Waals surface area contributed by atoms with E-state index < -0.39 is 6.68 Å². The second-order valence-electron chi connectivity index (χ2n) is 6.82. The Morgan fingerprint density at radius 3 is 2.50 bits per heavy atom. The lowest BCUT2D eigenvalue weighted by Crippen LogP contribution is -2.35. The van der Waals surface area contributed by atoms with Gasteiger partial charge in [-0.3, -0.25) is 14.6 Å². The lowest BCUT2D eigenvalue weighted by molar-refractivity contribution is 0.00818. The van der Waals surface area contributed by atoms with Gasteiger partial charge in [0.15, 0.2) is 0 Å². The number of nitrogens with zero attached hydrogens (tertiary/aromatic N) is 4. The van der Waals surface area contributed by atoms with Crippen LogP contribution in [0.2, 0.25) is 0 Å². The zero-order valence-electron chi connectivity index (χ0n) is 15.6. The van der Waals surface area contributed by atoms with Gasteiger partial charge >= 0.3 is 6.68 Å². The number of nitrogens with one attached hydrogen (secondary N) is 1. The summed E-state index contributed by atoms with van der Waals surface area (Å²) < 4.78 is 30.6. The summed E-state index contributed by atoms with van der Waals surface area (Å²) in [6, 6.07) is 0. The molecule has 1 amide bonds. The van der Waals surface area contributed by atoms with Crippen molar-refractivity contribution in [2.75, 3.05) is 13.1 Å². The number of amides is 1. The molecule has 0 unspecified atom stereocenters. The van der Waals surface area contributed by atoms with Crippen LogP contribution in [-0.2, 0) is 12.8 Å². The third kappa shape index (κ3) is 4.26. The highest BCUT2D eigenvalue weighted by Gasteiger charge is 2.24. The molecule has 0 spiro atoms. The average Bonchev–Trinajstić information content (AvgIpc) is 3.28. The molecule has 7 nitrogen and oxygen atoms in total. The maximum absolute atomic E-state index is 12.7. The third-order valence-electron chi connectivity index (χ3n) is 5.01. The molecule has 1 aliphatic carbocycles. The van der Waals surface area contributed by atoms with Crippen molar-refractivity contribution >= 4 is 5.91 Å². The number of halogens is 3. The number of aromatic amines is 1. The van der Waals surface area contributed by atoms with Crippen LogP contribution >= 0.6 is 0 Å². The Bertz CT molecular complexity index is 900. The molecule has 0 saturated carbocycles. The highest BCUT2D eigenvalue weighted by atomic mass is 19.4. The second-order valence-corrected chi connectivity index (χ2v) is 6.82. The van der Waals surface area contributed by atoms with Crippen molar-refractivity contribution in [3.63, 3.8) is 0 Å². The van der Waals surface area contributed by atoms with Gasteiger partial charge in [-0.15, -0.1) is 0 Å². The number of fused-ring (bicyclic) bond motifs is 1. The smallest absolute Gasteiger partial charge is 0.339 e. The molecule has 1 saturated heterocycles. The van der Waals surface area contributed by atoms with E-state index >= 15 is 0 Å². The van der Waals surface area contributed by atoms with Gasteiger partial charge in [-0.2, -0.15) is 18.3 Å². The SMILES string of the molecule is Cc1c(C(=O)N2CCCCC2)cnn1-c1nc2c(c(=O)[nH]1)CCC2.FC(F)F. The van der Waals surface area contributed by atoms with E-state index in [1.165, 1.54) is 6.42 Å². The molecular weight excluding hydrogens is 375 g/mol. The molecule has 1 aliphatic heterocycles. The van der Waals surface area contributed by atoms with Gasteiger partial charge in [0, 0.05) is 18.7 Å². The summed E-state index contributed by atoms with van der Waals surface area (Å²) in [5.74, 6) is 0.415. The molecule has 10 heteroatoms. The summed E-state index contributed by atoms with van der Waals surface area (Å²) in [7, 11) is 0. The number of hydrogen-bond acceptors (Lipinski definition) is 4. The molecule has 3 heterocycles. The molecule has 0 bridgehead atoms. The predicted octanol–water partition coefficient (Wildman–Crippen LogP) is 2.56. The van der Waals surface area contributed by atoms with E-state index in [1.807, 2.05) is 11.8 Å². The fraction of sp³-hybridized carbons (Fsp3) is 0.556. The predicted molar refractivity (Wildman–Crippen MR) is 95.6 cm³/mol. The first-order valence-electron chi connectivity index (χ1n) is 9.27. The minimum absolute atomic E-state index is 0.0157. The van der Waals surface area contributed by atoms with Crippen molar-refractivity contribution in [1.82, 2.24) is 24.6 Å². The van der Waals surface area contributed by atoms with E-state index in [2.05, 4.69) is 15.1 Å². The van der Waals surface area contributed by atoms with Crippen LogP contribution in [0.15, 0.2) is 11.0 Å². The highest BCUT2D eigenvalue weighted by molar-refractivity contribution is 5.95. The van der Waals surface area contributed by atoms with Crippen LogP contribution in [0, 0.1) is 6.92 Å². The molecule has 2 aliphatic rings.